The molecule has 218 valence electrons. The summed E-state index contributed by atoms with van der Waals surface area (Å²) in [5.41, 5.74) is 7.07. The van der Waals surface area contributed by atoms with E-state index in [1.807, 2.05) is 54.6 Å². The maximum absolute atomic E-state index is 14.4. The van der Waals surface area contributed by atoms with E-state index in [9.17, 15) is 9.59 Å². The zero-order chi connectivity index (χ0) is 29.9. The van der Waals surface area contributed by atoms with Gasteiger partial charge in [0.05, 0.1) is 29.6 Å². The van der Waals surface area contributed by atoms with Crippen molar-refractivity contribution in [2.24, 2.45) is 0 Å². The molecule has 8 nitrogen and oxygen atoms in total. The van der Waals surface area contributed by atoms with Gasteiger partial charge in [-0.05, 0) is 45.0 Å². The molecule has 5 rings (SSSR count). The number of carbonyl (C=O) groups is 2. The first-order valence-electron chi connectivity index (χ1n) is 14.0. The Labute approximate surface area is 255 Å². The summed E-state index contributed by atoms with van der Waals surface area (Å²) in [5.74, 6) is -0.417. The molecule has 2 heterocycles. The fourth-order valence-corrected chi connectivity index (χ4v) is 5.72. The molecule has 2 amide bonds. The number of para-hydroxylation sites is 1. The number of nitrogens with zero attached hydrogens (tertiary/aromatic N) is 4. The van der Waals surface area contributed by atoms with Crippen LogP contribution < -0.4 is 10.4 Å². The second kappa shape index (κ2) is 12.6. The van der Waals surface area contributed by atoms with Crippen molar-refractivity contribution in [1.29, 1.82) is 0 Å². The maximum atomic E-state index is 14.4. The summed E-state index contributed by atoms with van der Waals surface area (Å²) in [6.07, 6.45) is -0.696. The highest BCUT2D eigenvalue weighted by atomic mass is 79.9. The van der Waals surface area contributed by atoms with Gasteiger partial charge in [0.1, 0.15) is 0 Å². The number of piperazine rings is 1. The van der Waals surface area contributed by atoms with Crippen LogP contribution in [0.15, 0.2) is 83.3 Å². The van der Waals surface area contributed by atoms with Crippen LogP contribution in [0.2, 0.25) is 0 Å². The molecule has 0 bridgehead atoms. The summed E-state index contributed by atoms with van der Waals surface area (Å²) in [5, 5.41) is 1.85. The van der Waals surface area contributed by atoms with Crippen molar-refractivity contribution < 1.29 is 14.3 Å². The lowest BCUT2D eigenvalue weighted by Gasteiger charge is -2.42. The molecule has 9 heteroatoms. The highest BCUT2D eigenvalue weighted by molar-refractivity contribution is 9.10. The molecular weight excluding hydrogens is 594 g/mol. The van der Waals surface area contributed by atoms with E-state index in [0.717, 1.165) is 52.5 Å². The first kappa shape index (κ1) is 29.7. The van der Waals surface area contributed by atoms with E-state index in [0.29, 0.717) is 28.7 Å². The van der Waals surface area contributed by atoms with Crippen LogP contribution in [-0.4, -0.2) is 65.6 Å². The molecule has 3 aromatic carbocycles. The van der Waals surface area contributed by atoms with Crippen molar-refractivity contribution in [3.8, 4) is 11.3 Å². The highest BCUT2D eigenvalue weighted by Crippen LogP contribution is 2.33. The molecular formula is C33H36BrN5O3. The summed E-state index contributed by atoms with van der Waals surface area (Å²) in [6.45, 7) is 10.9. The van der Waals surface area contributed by atoms with Crippen LogP contribution >= 0.6 is 15.9 Å². The van der Waals surface area contributed by atoms with Gasteiger partial charge < -0.3 is 4.74 Å². The van der Waals surface area contributed by atoms with Crippen LogP contribution in [0, 0.1) is 0 Å². The number of rotatable bonds is 5. The third-order valence-electron chi connectivity index (χ3n) is 7.61. The van der Waals surface area contributed by atoms with E-state index in [2.05, 4.69) is 51.9 Å². The van der Waals surface area contributed by atoms with Crippen LogP contribution in [0.1, 0.15) is 36.7 Å². The number of methoxy groups -OCH3 is 1. The smallest absolute Gasteiger partial charge is 0.433 e. The molecule has 0 atom stereocenters. The summed E-state index contributed by atoms with van der Waals surface area (Å²) >= 11 is 3.57. The molecule has 1 fully saturated rings. The summed E-state index contributed by atoms with van der Waals surface area (Å²) in [7, 11) is 1.29. The number of carbonyl (C=O) groups excluding carboxylic acids is 2. The standard InChI is InChI=1S/C33H36BrN5O3/c1-33(2,3)38-19-17-37(18-20-38)22-27-29(31(40)36-39(32(41)42-4)25-13-9-6-10-14-25)26-16-15-24(34)21-28(26)35-30(27)23-11-7-5-8-12-23/h5-16,21H,17-20,22H2,1-4H3,(H,36,40). The van der Waals surface area contributed by atoms with Gasteiger partial charge in [0.25, 0.3) is 5.91 Å². The normalized spacial score (nSPS) is 14.5. The zero-order valence-electron chi connectivity index (χ0n) is 24.4. The Hall–Kier alpha value is -3.79. The molecule has 0 aliphatic carbocycles. The number of fused-ring (bicyclic) bond motifs is 1. The van der Waals surface area contributed by atoms with Crippen LogP contribution in [0.25, 0.3) is 22.2 Å². The van der Waals surface area contributed by atoms with Gasteiger partial charge in [-0.15, -0.1) is 0 Å². The van der Waals surface area contributed by atoms with Gasteiger partial charge in [-0.2, -0.15) is 5.01 Å². The predicted octanol–water partition coefficient (Wildman–Crippen LogP) is 6.50. The lowest BCUT2D eigenvalue weighted by Crippen LogP contribution is -2.53. The van der Waals surface area contributed by atoms with Gasteiger partial charge in [0.2, 0.25) is 0 Å². The Bertz CT molecular complexity index is 1570. The van der Waals surface area contributed by atoms with Crippen molar-refractivity contribution in [2.45, 2.75) is 32.9 Å². The molecule has 1 N–H and O–H groups in total. The van der Waals surface area contributed by atoms with Crippen molar-refractivity contribution in [2.75, 3.05) is 38.3 Å². The first-order chi connectivity index (χ1) is 20.2. The molecule has 4 aromatic rings. The Morgan fingerprint density at radius 1 is 0.952 bits per heavy atom. The third kappa shape index (κ3) is 6.48. The number of pyridine rings is 1. The second-order valence-corrected chi connectivity index (χ2v) is 12.3. The molecule has 1 aromatic heterocycles. The van der Waals surface area contributed by atoms with Crippen molar-refractivity contribution in [3.63, 3.8) is 0 Å². The minimum absolute atomic E-state index is 0.0962. The van der Waals surface area contributed by atoms with E-state index in [4.69, 9.17) is 9.72 Å². The molecule has 0 radical (unpaired) electrons. The number of amides is 2. The minimum Gasteiger partial charge on any atom is -0.451 e. The molecule has 1 saturated heterocycles. The van der Waals surface area contributed by atoms with Gasteiger partial charge in [-0.3, -0.25) is 20.0 Å². The number of aromatic nitrogens is 1. The van der Waals surface area contributed by atoms with Gasteiger partial charge >= 0.3 is 6.09 Å². The molecule has 0 saturated carbocycles. The molecule has 0 unspecified atom stereocenters. The molecule has 1 aliphatic rings. The number of ether oxygens (including phenoxy) is 1. The zero-order valence-corrected chi connectivity index (χ0v) is 26.0. The minimum atomic E-state index is -0.696. The number of nitrogens with one attached hydrogen (secondary N) is 1. The Morgan fingerprint density at radius 2 is 1.60 bits per heavy atom. The van der Waals surface area contributed by atoms with Gasteiger partial charge in [0.15, 0.2) is 0 Å². The van der Waals surface area contributed by atoms with Crippen molar-refractivity contribution in [3.05, 3.63) is 94.5 Å². The monoisotopic (exact) mass is 629 g/mol. The lowest BCUT2D eigenvalue weighted by molar-refractivity contribution is 0.0589. The van der Waals surface area contributed by atoms with Crippen LogP contribution in [0.5, 0.6) is 0 Å². The average Bonchev–Trinajstić information content (AvgIpc) is 2.99. The summed E-state index contributed by atoms with van der Waals surface area (Å²) < 4.78 is 5.89. The number of benzene rings is 3. The number of anilines is 1. The van der Waals surface area contributed by atoms with Gasteiger partial charge in [-0.25, -0.2) is 9.78 Å². The SMILES string of the molecule is COC(=O)N(NC(=O)c1c(CN2CCN(C(C)(C)C)CC2)c(-c2ccccc2)nc2cc(Br)ccc12)c1ccccc1. The quantitative estimate of drug-likeness (QED) is 0.254. The Morgan fingerprint density at radius 3 is 2.21 bits per heavy atom. The van der Waals surface area contributed by atoms with Crippen LogP contribution in [-0.2, 0) is 11.3 Å². The van der Waals surface area contributed by atoms with E-state index < -0.39 is 12.0 Å². The van der Waals surface area contributed by atoms with E-state index in [-0.39, 0.29) is 5.54 Å². The summed E-state index contributed by atoms with van der Waals surface area (Å²) in [6, 6.07) is 24.6. The first-order valence-corrected chi connectivity index (χ1v) is 14.8. The topological polar surface area (TPSA) is 78.0 Å². The average molecular weight is 631 g/mol. The predicted molar refractivity (Wildman–Crippen MR) is 170 cm³/mol. The van der Waals surface area contributed by atoms with E-state index >= 15 is 0 Å². The lowest BCUT2D eigenvalue weighted by atomic mass is 9.95. The molecule has 1 aliphatic heterocycles. The fourth-order valence-electron chi connectivity index (χ4n) is 5.37. The van der Waals surface area contributed by atoms with Crippen LogP contribution in [0.3, 0.4) is 0 Å². The van der Waals surface area contributed by atoms with Crippen molar-refractivity contribution >= 4 is 44.5 Å². The van der Waals surface area contributed by atoms with Gasteiger partial charge in [-0.1, -0.05) is 70.5 Å². The number of hydrogen-bond acceptors (Lipinski definition) is 6. The highest BCUT2D eigenvalue weighted by Gasteiger charge is 2.30. The number of hydrogen-bond donors (Lipinski definition) is 1. The summed E-state index contributed by atoms with van der Waals surface area (Å²) in [4.78, 5) is 37.2. The molecule has 42 heavy (non-hydrogen) atoms. The second-order valence-electron chi connectivity index (χ2n) is 11.4. The van der Waals surface area contributed by atoms with Crippen molar-refractivity contribution in [1.82, 2.24) is 20.2 Å². The fraction of sp³-hybridized carbons (Fsp3) is 0.303. The Balaban J connectivity index is 1.63. The maximum Gasteiger partial charge on any atom is 0.433 e. The molecule has 0 spiro atoms. The number of halogens is 1. The Kier molecular flexibility index (Phi) is 8.91. The largest absolute Gasteiger partial charge is 0.451 e. The van der Waals surface area contributed by atoms with E-state index in [1.54, 1.807) is 24.3 Å². The van der Waals surface area contributed by atoms with E-state index in [1.165, 1.54) is 7.11 Å². The number of hydrazine groups is 1. The van der Waals surface area contributed by atoms with Gasteiger partial charge in [0, 0.05) is 59.2 Å². The third-order valence-corrected chi connectivity index (χ3v) is 8.10. The van der Waals surface area contributed by atoms with Crippen LogP contribution in [0.4, 0.5) is 10.5 Å².